The molecular formula is C17H19BrINO. The van der Waals surface area contributed by atoms with Gasteiger partial charge in [0.2, 0.25) is 0 Å². The molecule has 0 aromatic heterocycles. The van der Waals surface area contributed by atoms with E-state index >= 15 is 0 Å². The lowest BCUT2D eigenvalue weighted by atomic mass is 9.97. The van der Waals surface area contributed by atoms with Crippen LogP contribution in [0.15, 0.2) is 46.9 Å². The first-order chi connectivity index (χ1) is 10.2. The fourth-order valence-electron chi connectivity index (χ4n) is 2.31. The van der Waals surface area contributed by atoms with Crippen molar-refractivity contribution < 1.29 is 4.74 Å². The third-order valence-corrected chi connectivity index (χ3v) is 4.45. The maximum Gasteiger partial charge on any atom is 0.124 e. The molecule has 21 heavy (non-hydrogen) atoms. The van der Waals surface area contributed by atoms with Gasteiger partial charge in [0.1, 0.15) is 5.75 Å². The molecule has 0 aliphatic carbocycles. The van der Waals surface area contributed by atoms with Crippen LogP contribution >= 0.6 is 38.5 Å². The van der Waals surface area contributed by atoms with Gasteiger partial charge >= 0.3 is 0 Å². The smallest absolute Gasteiger partial charge is 0.124 e. The molecule has 1 N–H and O–H groups in total. The minimum atomic E-state index is 0.132. The number of hydrogen-bond acceptors (Lipinski definition) is 2. The summed E-state index contributed by atoms with van der Waals surface area (Å²) in [6, 6.07) is 14.9. The van der Waals surface area contributed by atoms with Crippen LogP contribution in [0.4, 0.5) is 0 Å². The van der Waals surface area contributed by atoms with Gasteiger partial charge in [-0.3, -0.25) is 0 Å². The van der Waals surface area contributed by atoms with E-state index in [-0.39, 0.29) is 6.04 Å². The average Bonchev–Trinajstić information content (AvgIpc) is 2.48. The van der Waals surface area contributed by atoms with E-state index in [0.29, 0.717) is 0 Å². The summed E-state index contributed by atoms with van der Waals surface area (Å²) in [6.07, 6.45) is 1.09. The van der Waals surface area contributed by atoms with Crippen molar-refractivity contribution in [2.45, 2.75) is 19.4 Å². The lowest BCUT2D eigenvalue weighted by Crippen LogP contribution is -2.23. The van der Waals surface area contributed by atoms with Gasteiger partial charge in [-0.25, -0.2) is 0 Å². The van der Waals surface area contributed by atoms with E-state index in [1.807, 2.05) is 12.1 Å². The molecule has 1 atom stereocenters. The summed E-state index contributed by atoms with van der Waals surface area (Å²) in [5, 5.41) is 3.63. The number of halogens is 2. The minimum absolute atomic E-state index is 0.132. The first-order valence-electron chi connectivity index (χ1n) is 6.98. The average molecular weight is 460 g/mol. The summed E-state index contributed by atoms with van der Waals surface area (Å²) in [5.74, 6) is 0.908. The van der Waals surface area contributed by atoms with Gasteiger partial charge in [0.05, 0.1) is 13.2 Å². The molecule has 1 unspecified atom stereocenters. The molecule has 0 spiro atoms. The zero-order valence-corrected chi connectivity index (χ0v) is 15.9. The van der Waals surface area contributed by atoms with Crippen molar-refractivity contribution >= 4 is 38.5 Å². The molecule has 112 valence electrons. The SMILES string of the molecule is CCCNC(c1cccc(I)c1)c1cc(Br)ccc1OC. The summed E-state index contributed by atoms with van der Waals surface area (Å²) in [5.41, 5.74) is 2.41. The van der Waals surface area contributed by atoms with Crippen LogP contribution in [0.2, 0.25) is 0 Å². The first-order valence-corrected chi connectivity index (χ1v) is 8.85. The second-order valence-electron chi connectivity index (χ2n) is 4.83. The van der Waals surface area contributed by atoms with Crippen molar-refractivity contribution in [3.8, 4) is 5.75 Å². The molecule has 0 saturated carbocycles. The molecule has 2 rings (SSSR count). The number of ether oxygens (including phenoxy) is 1. The summed E-state index contributed by atoms with van der Waals surface area (Å²) >= 11 is 5.92. The summed E-state index contributed by atoms with van der Waals surface area (Å²) in [4.78, 5) is 0. The normalized spacial score (nSPS) is 12.2. The fraction of sp³-hybridized carbons (Fsp3) is 0.294. The van der Waals surface area contributed by atoms with Crippen LogP contribution in [0.5, 0.6) is 5.75 Å². The molecule has 2 aromatic rings. The molecule has 0 heterocycles. The number of hydrogen-bond donors (Lipinski definition) is 1. The Bertz CT molecular complexity index is 603. The number of nitrogens with one attached hydrogen (secondary N) is 1. The lowest BCUT2D eigenvalue weighted by molar-refractivity contribution is 0.403. The quantitative estimate of drug-likeness (QED) is 0.603. The van der Waals surface area contributed by atoms with Crippen LogP contribution in [-0.4, -0.2) is 13.7 Å². The predicted molar refractivity (Wildman–Crippen MR) is 100.0 cm³/mol. The topological polar surface area (TPSA) is 21.3 Å². The zero-order chi connectivity index (χ0) is 15.2. The molecular weight excluding hydrogens is 441 g/mol. The Hall–Kier alpha value is -0.590. The highest BCUT2D eigenvalue weighted by atomic mass is 127. The van der Waals surface area contributed by atoms with Gasteiger partial charge in [0.15, 0.2) is 0 Å². The summed E-state index contributed by atoms with van der Waals surface area (Å²) < 4.78 is 7.85. The van der Waals surface area contributed by atoms with Crippen LogP contribution in [-0.2, 0) is 0 Å². The van der Waals surface area contributed by atoms with Gasteiger partial charge in [0, 0.05) is 13.6 Å². The Labute approximate surface area is 148 Å². The summed E-state index contributed by atoms with van der Waals surface area (Å²) in [7, 11) is 1.72. The highest BCUT2D eigenvalue weighted by molar-refractivity contribution is 14.1. The molecule has 0 saturated heterocycles. The Morgan fingerprint density at radius 3 is 2.71 bits per heavy atom. The standard InChI is InChI=1S/C17H19BrINO/c1-3-9-20-17(12-5-4-6-14(19)10-12)15-11-13(18)7-8-16(15)21-2/h4-8,10-11,17,20H,3,9H2,1-2H3. The van der Waals surface area contributed by atoms with Crippen molar-refractivity contribution in [3.63, 3.8) is 0 Å². The van der Waals surface area contributed by atoms with E-state index in [1.54, 1.807) is 7.11 Å². The van der Waals surface area contributed by atoms with Gasteiger partial charge < -0.3 is 10.1 Å². The van der Waals surface area contributed by atoms with E-state index in [2.05, 4.69) is 81.1 Å². The third-order valence-electron chi connectivity index (χ3n) is 3.28. The van der Waals surface area contributed by atoms with Crippen molar-refractivity contribution in [3.05, 3.63) is 61.6 Å². The predicted octanol–water partition coefficient (Wildman–Crippen LogP) is 5.15. The molecule has 2 aromatic carbocycles. The number of benzene rings is 2. The fourth-order valence-corrected chi connectivity index (χ4v) is 3.26. The van der Waals surface area contributed by atoms with Crippen LogP contribution in [0, 0.1) is 3.57 Å². The van der Waals surface area contributed by atoms with Gasteiger partial charge in [-0.1, -0.05) is 35.0 Å². The number of rotatable bonds is 6. The molecule has 0 aliphatic rings. The van der Waals surface area contributed by atoms with Crippen molar-refractivity contribution in [1.82, 2.24) is 5.32 Å². The van der Waals surface area contributed by atoms with E-state index < -0.39 is 0 Å². The second-order valence-corrected chi connectivity index (χ2v) is 6.99. The molecule has 0 fully saturated rings. The minimum Gasteiger partial charge on any atom is -0.496 e. The zero-order valence-electron chi connectivity index (χ0n) is 12.2. The molecule has 0 amide bonds. The van der Waals surface area contributed by atoms with Crippen LogP contribution in [0.25, 0.3) is 0 Å². The molecule has 4 heteroatoms. The molecule has 0 aliphatic heterocycles. The van der Waals surface area contributed by atoms with Gasteiger partial charge in [-0.05, 0) is 71.5 Å². The van der Waals surface area contributed by atoms with Crippen molar-refractivity contribution in [1.29, 1.82) is 0 Å². The van der Waals surface area contributed by atoms with Gasteiger partial charge in [-0.2, -0.15) is 0 Å². The lowest BCUT2D eigenvalue weighted by Gasteiger charge is -2.22. The van der Waals surface area contributed by atoms with E-state index in [4.69, 9.17) is 4.74 Å². The largest absolute Gasteiger partial charge is 0.496 e. The van der Waals surface area contributed by atoms with E-state index in [1.165, 1.54) is 9.13 Å². The van der Waals surface area contributed by atoms with Crippen LogP contribution in [0.1, 0.15) is 30.5 Å². The summed E-state index contributed by atoms with van der Waals surface area (Å²) in [6.45, 7) is 3.14. The van der Waals surface area contributed by atoms with Gasteiger partial charge in [-0.15, -0.1) is 0 Å². The monoisotopic (exact) mass is 459 g/mol. The Morgan fingerprint density at radius 2 is 2.05 bits per heavy atom. The number of methoxy groups -OCH3 is 1. The first kappa shape index (κ1) is 16.8. The highest BCUT2D eigenvalue weighted by Crippen LogP contribution is 2.33. The van der Waals surface area contributed by atoms with Crippen molar-refractivity contribution in [2.75, 3.05) is 13.7 Å². The molecule has 2 nitrogen and oxygen atoms in total. The van der Waals surface area contributed by atoms with E-state index in [0.717, 1.165) is 28.8 Å². The Kier molecular flexibility index (Phi) is 6.51. The van der Waals surface area contributed by atoms with Gasteiger partial charge in [0.25, 0.3) is 0 Å². The van der Waals surface area contributed by atoms with Crippen LogP contribution in [0.3, 0.4) is 0 Å². The van der Waals surface area contributed by atoms with Crippen molar-refractivity contribution in [2.24, 2.45) is 0 Å². The third kappa shape index (κ3) is 4.44. The molecule has 0 radical (unpaired) electrons. The second kappa shape index (κ2) is 8.15. The maximum atomic E-state index is 5.55. The Morgan fingerprint density at radius 1 is 1.24 bits per heavy atom. The highest BCUT2D eigenvalue weighted by Gasteiger charge is 2.18. The van der Waals surface area contributed by atoms with Crippen LogP contribution < -0.4 is 10.1 Å². The Balaban J connectivity index is 2.47. The maximum absolute atomic E-state index is 5.55. The molecule has 0 bridgehead atoms. The van der Waals surface area contributed by atoms with E-state index in [9.17, 15) is 0 Å².